The third-order valence-corrected chi connectivity index (χ3v) is 8.05. The number of anilines is 2. The van der Waals surface area contributed by atoms with Crippen LogP contribution in [-0.4, -0.2) is 27.7 Å². The summed E-state index contributed by atoms with van der Waals surface area (Å²) in [6.45, 7) is 1.88. The van der Waals surface area contributed by atoms with E-state index in [0.29, 0.717) is 0 Å². The smallest absolute Gasteiger partial charge is 0.277 e. The molecule has 5 heteroatoms. The van der Waals surface area contributed by atoms with Crippen molar-refractivity contribution in [3.05, 3.63) is 94.5 Å². The molecule has 2 aliphatic heterocycles. The minimum atomic E-state index is 0.796. The Morgan fingerprint density at radius 3 is 2.69 bits per heavy atom. The summed E-state index contributed by atoms with van der Waals surface area (Å²) >= 11 is 1.90. The van der Waals surface area contributed by atoms with Gasteiger partial charge in [-0.05, 0) is 53.8 Å². The van der Waals surface area contributed by atoms with Crippen molar-refractivity contribution < 1.29 is 9.30 Å². The van der Waals surface area contributed by atoms with E-state index >= 15 is 0 Å². The second-order valence-electron chi connectivity index (χ2n) is 9.41. The lowest BCUT2D eigenvalue weighted by Gasteiger charge is -2.27. The standard InChI is InChI=1S/C30H30N3OS/c1-31(2)28-17-23(18-29-32-16-8-12-22-11-7-13-27(35-29)30(22)32)25-15-14-24(34-3)19-26(25)33(28)20-21-9-5-4-6-10-21/h4-7,9-11,13-15,17-19H,8,12,16,20H2,1-3H3/q+1. The molecule has 0 saturated carbocycles. The van der Waals surface area contributed by atoms with Crippen LogP contribution < -0.4 is 19.1 Å². The number of ether oxygens (including phenoxy) is 1. The van der Waals surface area contributed by atoms with E-state index in [1.54, 1.807) is 7.11 Å². The van der Waals surface area contributed by atoms with Crippen LogP contribution >= 0.6 is 11.8 Å². The number of hydrogen-bond acceptors (Lipinski definition) is 4. The molecular weight excluding hydrogens is 450 g/mol. The highest BCUT2D eigenvalue weighted by Crippen LogP contribution is 2.50. The molecule has 0 spiro atoms. The maximum absolute atomic E-state index is 5.64. The van der Waals surface area contributed by atoms with Crippen molar-refractivity contribution in [3.63, 3.8) is 0 Å². The summed E-state index contributed by atoms with van der Waals surface area (Å²) in [6.07, 6.45) is 4.75. The lowest BCUT2D eigenvalue weighted by atomic mass is 10.0. The van der Waals surface area contributed by atoms with Crippen molar-refractivity contribution >= 4 is 40.2 Å². The molecule has 0 amide bonds. The highest BCUT2D eigenvalue weighted by molar-refractivity contribution is 8.03. The average molecular weight is 481 g/mol. The van der Waals surface area contributed by atoms with E-state index in [4.69, 9.17) is 4.74 Å². The predicted molar refractivity (Wildman–Crippen MR) is 147 cm³/mol. The number of rotatable bonds is 5. The first-order valence-corrected chi connectivity index (χ1v) is 13.0. The first-order valence-electron chi connectivity index (χ1n) is 12.2. The van der Waals surface area contributed by atoms with Crippen LogP contribution in [0.1, 0.15) is 23.1 Å². The predicted octanol–water partition coefficient (Wildman–Crippen LogP) is 6.11. The Hall–Kier alpha value is -3.44. The Morgan fingerprint density at radius 2 is 1.89 bits per heavy atom. The number of thioether (sulfide) groups is 1. The number of hydrogen-bond donors (Lipinski definition) is 0. The molecule has 4 aromatic rings. The SMILES string of the molecule is COc1ccc2c(/C=C3\Sc4cccc5c4N3CCC5)cc(N(C)C)[n+](Cc3ccccc3)c2c1. The van der Waals surface area contributed by atoms with Crippen molar-refractivity contribution in [2.45, 2.75) is 24.3 Å². The number of para-hydroxylation sites is 1. The zero-order valence-corrected chi connectivity index (χ0v) is 21.3. The summed E-state index contributed by atoms with van der Waals surface area (Å²) in [4.78, 5) is 6.11. The Balaban J connectivity index is 1.54. The summed E-state index contributed by atoms with van der Waals surface area (Å²) in [5.74, 6) is 2.04. The first kappa shape index (κ1) is 22.1. The largest absolute Gasteiger partial charge is 0.497 e. The molecule has 0 radical (unpaired) electrons. The Bertz CT molecular complexity index is 1450. The number of methoxy groups -OCH3 is 1. The zero-order chi connectivity index (χ0) is 23.9. The topological polar surface area (TPSA) is 19.6 Å². The van der Waals surface area contributed by atoms with Gasteiger partial charge in [0.1, 0.15) is 17.8 Å². The summed E-state index contributed by atoms with van der Waals surface area (Å²) in [5.41, 5.74) is 6.58. The second kappa shape index (κ2) is 8.97. The molecule has 1 aromatic heterocycles. The molecule has 0 bridgehead atoms. The Kier molecular flexibility index (Phi) is 5.65. The van der Waals surface area contributed by atoms with Crippen molar-refractivity contribution in [1.29, 1.82) is 0 Å². The van der Waals surface area contributed by atoms with Crippen molar-refractivity contribution in [2.75, 3.05) is 37.5 Å². The van der Waals surface area contributed by atoms with Crippen LogP contribution in [0.25, 0.3) is 17.0 Å². The van der Waals surface area contributed by atoms with E-state index in [-0.39, 0.29) is 0 Å². The first-order chi connectivity index (χ1) is 17.1. The zero-order valence-electron chi connectivity index (χ0n) is 20.5. The normalized spacial score (nSPS) is 15.5. The van der Waals surface area contributed by atoms with Gasteiger partial charge < -0.3 is 9.64 Å². The molecule has 2 aliphatic rings. The van der Waals surface area contributed by atoms with Gasteiger partial charge in [0.05, 0.1) is 31.9 Å². The molecule has 0 fully saturated rings. The molecule has 0 aliphatic carbocycles. The van der Waals surface area contributed by atoms with Crippen LogP contribution in [0, 0.1) is 0 Å². The van der Waals surface area contributed by atoms with Gasteiger partial charge in [-0.15, -0.1) is 0 Å². The van der Waals surface area contributed by atoms with Gasteiger partial charge in [-0.25, -0.2) is 4.57 Å². The van der Waals surface area contributed by atoms with Crippen LogP contribution in [0.3, 0.4) is 0 Å². The van der Waals surface area contributed by atoms with Gasteiger partial charge in [0.15, 0.2) is 0 Å². The van der Waals surface area contributed by atoms with E-state index in [1.807, 2.05) is 11.8 Å². The van der Waals surface area contributed by atoms with Gasteiger partial charge in [0.25, 0.3) is 5.82 Å². The second-order valence-corrected chi connectivity index (χ2v) is 10.5. The maximum Gasteiger partial charge on any atom is 0.277 e. The molecular formula is C30H30N3OS+. The number of aromatic nitrogens is 1. The lowest BCUT2D eigenvalue weighted by molar-refractivity contribution is -0.649. The van der Waals surface area contributed by atoms with Crippen LogP contribution in [0.5, 0.6) is 5.75 Å². The molecule has 176 valence electrons. The quantitative estimate of drug-likeness (QED) is 0.321. The van der Waals surface area contributed by atoms with Crippen LogP contribution in [0.4, 0.5) is 11.5 Å². The molecule has 0 unspecified atom stereocenters. The van der Waals surface area contributed by atoms with Gasteiger partial charge in [0.2, 0.25) is 0 Å². The Labute approximate surface area is 211 Å². The molecule has 0 atom stereocenters. The van der Waals surface area contributed by atoms with Crippen molar-refractivity contribution in [2.24, 2.45) is 0 Å². The number of benzene rings is 3. The van der Waals surface area contributed by atoms with E-state index in [0.717, 1.165) is 18.8 Å². The van der Waals surface area contributed by atoms with Crippen molar-refractivity contribution in [3.8, 4) is 5.75 Å². The van der Waals surface area contributed by atoms with Gasteiger partial charge in [-0.2, -0.15) is 0 Å². The van der Waals surface area contributed by atoms with E-state index in [1.165, 1.54) is 61.9 Å². The Morgan fingerprint density at radius 1 is 1.03 bits per heavy atom. The van der Waals surface area contributed by atoms with E-state index < -0.39 is 0 Å². The molecule has 0 N–H and O–H groups in total. The van der Waals surface area contributed by atoms with E-state index in [9.17, 15) is 0 Å². The lowest BCUT2D eigenvalue weighted by Crippen LogP contribution is -2.41. The van der Waals surface area contributed by atoms with Crippen LogP contribution in [0.2, 0.25) is 0 Å². The highest BCUT2D eigenvalue weighted by Gasteiger charge is 2.30. The summed E-state index contributed by atoms with van der Waals surface area (Å²) in [7, 11) is 5.98. The third-order valence-electron chi connectivity index (χ3n) is 6.95. The van der Waals surface area contributed by atoms with E-state index in [2.05, 4.69) is 107 Å². The molecule has 3 heterocycles. The van der Waals surface area contributed by atoms with Crippen molar-refractivity contribution in [1.82, 2.24) is 0 Å². The summed E-state index contributed by atoms with van der Waals surface area (Å²) in [5, 5.41) is 2.54. The maximum atomic E-state index is 5.64. The fourth-order valence-corrected chi connectivity index (χ4v) is 6.46. The van der Waals surface area contributed by atoms with Gasteiger partial charge in [-0.1, -0.05) is 54.2 Å². The van der Waals surface area contributed by atoms with Gasteiger partial charge >= 0.3 is 0 Å². The molecule has 0 saturated heterocycles. The molecule has 4 nitrogen and oxygen atoms in total. The molecule has 6 rings (SSSR count). The highest BCUT2D eigenvalue weighted by atomic mass is 32.2. The van der Waals surface area contributed by atoms with Crippen LogP contribution in [0.15, 0.2) is 82.7 Å². The minimum absolute atomic E-state index is 0.796. The number of pyridine rings is 1. The van der Waals surface area contributed by atoms with Gasteiger partial charge in [-0.3, -0.25) is 4.90 Å². The number of fused-ring (bicyclic) bond motifs is 1. The molecule has 3 aromatic carbocycles. The fraction of sp³-hybridized carbons (Fsp3) is 0.233. The summed E-state index contributed by atoms with van der Waals surface area (Å²) < 4.78 is 8.04. The fourth-order valence-electron chi connectivity index (χ4n) is 5.27. The number of nitrogens with zero attached hydrogens (tertiary/aromatic N) is 3. The average Bonchev–Trinajstić information content (AvgIpc) is 3.24. The third kappa shape index (κ3) is 3.94. The summed E-state index contributed by atoms with van der Waals surface area (Å²) in [6, 6.07) is 26.2. The monoisotopic (exact) mass is 480 g/mol. The van der Waals surface area contributed by atoms with Crippen LogP contribution in [-0.2, 0) is 13.0 Å². The minimum Gasteiger partial charge on any atom is -0.497 e. The van der Waals surface area contributed by atoms with Gasteiger partial charge in [0, 0.05) is 29.0 Å². The molecule has 35 heavy (non-hydrogen) atoms. The number of aryl methyl sites for hydroxylation is 1.